The number of rotatable bonds is 8. The highest BCUT2D eigenvalue weighted by atomic mass is 19.2. The lowest BCUT2D eigenvalue weighted by Crippen LogP contribution is -2.32. The van der Waals surface area contributed by atoms with Gasteiger partial charge in [0.1, 0.15) is 5.82 Å². The third kappa shape index (κ3) is 5.24. The summed E-state index contributed by atoms with van der Waals surface area (Å²) in [6.07, 6.45) is 5.53. The van der Waals surface area contributed by atoms with Gasteiger partial charge in [0.05, 0.1) is 6.54 Å². The van der Waals surface area contributed by atoms with Gasteiger partial charge in [-0.2, -0.15) is 0 Å². The molecule has 0 aliphatic rings. The summed E-state index contributed by atoms with van der Waals surface area (Å²) in [5.41, 5.74) is 0.627. The smallest absolute Gasteiger partial charge is 0.223 e. The summed E-state index contributed by atoms with van der Waals surface area (Å²) in [5, 5.41) is 0. The Kier molecular flexibility index (Phi) is 6.44. The summed E-state index contributed by atoms with van der Waals surface area (Å²) in [4.78, 5) is 18.4. The molecule has 0 N–H and O–H groups in total. The van der Waals surface area contributed by atoms with E-state index in [-0.39, 0.29) is 11.8 Å². The van der Waals surface area contributed by atoms with Gasteiger partial charge in [0, 0.05) is 31.9 Å². The van der Waals surface area contributed by atoms with E-state index in [9.17, 15) is 13.6 Å². The van der Waals surface area contributed by atoms with Gasteiger partial charge in [-0.15, -0.1) is 6.58 Å². The summed E-state index contributed by atoms with van der Waals surface area (Å²) < 4.78 is 28.3. The Hall–Kier alpha value is -2.50. The number of hydrogen-bond donors (Lipinski definition) is 0. The van der Waals surface area contributed by atoms with Gasteiger partial charge in [-0.05, 0) is 23.6 Å². The lowest BCUT2D eigenvalue weighted by atomic mass is 10.1. The van der Waals surface area contributed by atoms with Gasteiger partial charge in [0.25, 0.3) is 0 Å². The molecule has 0 spiro atoms. The summed E-state index contributed by atoms with van der Waals surface area (Å²) in [5.74, 6) is -0.756. The molecule has 25 heavy (non-hydrogen) atoms. The Morgan fingerprint density at radius 1 is 1.36 bits per heavy atom. The highest BCUT2D eigenvalue weighted by Gasteiger charge is 2.17. The molecule has 0 radical (unpaired) electrons. The maximum absolute atomic E-state index is 13.4. The van der Waals surface area contributed by atoms with Gasteiger partial charge < -0.3 is 9.47 Å². The first-order chi connectivity index (χ1) is 11.9. The third-order valence-electron chi connectivity index (χ3n) is 3.76. The van der Waals surface area contributed by atoms with Crippen LogP contribution in [0.15, 0.2) is 43.2 Å². The number of hydrogen-bond acceptors (Lipinski definition) is 2. The van der Waals surface area contributed by atoms with Crippen molar-refractivity contribution in [1.82, 2.24) is 14.5 Å². The Balaban J connectivity index is 2.14. The molecule has 0 saturated heterocycles. The molecule has 0 saturated carbocycles. The van der Waals surface area contributed by atoms with Gasteiger partial charge in [-0.3, -0.25) is 4.79 Å². The van der Waals surface area contributed by atoms with Crippen molar-refractivity contribution in [1.29, 1.82) is 0 Å². The van der Waals surface area contributed by atoms with E-state index >= 15 is 0 Å². The van der Waals surface area contributed by atoms with Crippen LogP contribution in [0.5, 0.6) is 0 Å². The first kappa shape index (κ1) is 18.8. The van der Waals surface area contributed by atoms with Crippen LogP contribution >= 0.6 is 0 Å². The second kappa shape index (κ2) is 8.55. The molecule has 1 aromatic heterocycles. The van der Waals surface area contributed by atoms with Gasteiger partial charge in [0.15, 0.2) is 11.6 Å². The molecule has 0 fully saturated rings. The minimum atomic E-state index is -0.875. The fourth-order valence-electron chi connectivity index (χ4n) is 2.53. The van der Waals surface area contributed by atoms with E-state index in [0.29, 0.717) is 37.4 Å². The predicted octanol–water partition coefficient (Wildman–Crippen LogP) is 3.77. The average molecular weight is 347 g/mol. The summed E-state index contributed by atoms with van der Waals surface area (Å²) >= 11 is 0. The molecule has 134 valence electrons. The molecule has 1 aromatic carbocycles. The number of benzene rings is 1. The molecule has 6 heteroatoms. The molecule has 2 rings (SSSR count). The lowest BCUT2D eigenvalue weighted by Gasteiger charge is -2.22. The summed E-state index contributed by atoms with van der Waals surface area (Å²) in [7, 11) is 0. The predicted molar refractivity (Wildman–Crippen MR) is 92.8 cm³/mol. The van der Waals surface area contributed by atoms with Crippen LogP contribution in [0.25, 0.3) is 0 Å². The van der Waals surface area contributed by atoms with Crippen molar-refractivity contribution in [3.63, 3.8) is 0 Å². The van der Waals surface area contributed by atoms with Gasteiger partial charge >= 0.3 is 0 Å². The Morgan fingerprint density at radius 2 is 2.12 bits per heavy atom. The minimum Gasteiger partial charge on any atom is -0.332 e. The van der Waals surface area contributed by atoms with E-state index in [0.717, 1.165) is 6.07 Å². The lowest BCUT2D eigenvalue weighted by molar-refractivity contribution is -0.132. The number of imidazole rings is 1. The van der Waals surface area contributed by atoms with Crippen molar-refractivity contribution < 1.29 is 13.6 Å². The van der Waals surface area contributed by atoms with Crippen LogP contribution in [0.3, 0.4) is 0 Å². The monoisotopic (exact) mass is 347 g/mol. The fourth-order valence-corrected chi connectivity index (χ4v) is 2.53. The largest absolute Gasteiger partial charge is 0.332 e. The first-order valence-corrected chi connectivity index (χ1v) is 8.23. The standard InChI is InChI=1S/C19H23F2N3O/c1-4-8-24(19(25)10-14(2)3)13-18-22-7-9-23(18)12-15-5-6-16(20)17(21)11-15/h4-7,9,11,14H,1,8,10,12-13H2,2-3H3. The maximum atomic E-state index is 13.4. The van der Waals surface area contributed by atoms with E-state index in [2.05, 4.69) is 11.6 Å². The van der Waals surface area contributed by atoms with Crippen molar-refractivity contribution in [2.24, 2.45) is 5.92 Å². The normalized spacial score (nSPS) is 10.9. The number of amides is 1. The van der Waals surface area contributed by atoms with Crippen LogP contribution in [0, 0.1) is 17.6 Å². The Bertz CT molecular complexity index is 740. The second-order valence-electron chi connectivity index (χ2n) is 6.38. The second-order valence-corrected chi connectivity index (χ2v) is 6.38. The number of aromatic nitrogens is 2. The minimum absolute atomic E-state index is 0.0391. The number of halogens is 2. The fraction of sp³-hybridized carbons (Fsp3) is 0.368. The van der Waals surface area contributed by atoms with Crippen LogP contribution < -0.4 is 0 Å². The molecule has 0 atom stereocenters. The van der Waals surface area contributed by atoms with Crippen molar-refractivity contribution in [2.75, 3.05) is 6.54 Å². The molecular formula is C19H23F2N3O. The SMILES string of the molecule is C=CCN(Cc1nccn1Cc1ccc(F)c(F)c1)C(=O)CC(C)C. The van der Waals surface area contributed by atoms with Crippen LogP contribution in [0.4, 0.5) is 8.78 Å². The summed E-state index contributed by atoms with van der Waals surface area (Å²) in [6.45, 7) is 8.82. The molecule has 0 bridgehead atoms. The van der Waals surface area contributed by atoms with Crippen molar-refractivity contribution >= 4 is 5.91 Å². The van der Waals surface area contributed by atoms with Gasteiger partial charge in [-0.25, -0.2) is 13.8 Å². The van der Waals surface area contributed by atoms with E-state index in [1.165, 1.54) is 12.1 Å². The zero-order valence-corrected chi connectivity index (χ0v) is 14.6. The van der Waals surface area contributed by atoms with E-state index in [4.69, 9.17) is 0 Å². The number of carbonyl (C=O) groups is 1. The molecule has 1 amide bonds. The van der Waals surface area contributed by atoms with E-state index in [1.54, 1.807) is 23.4 Å². The molecule has 1 heterocycles. The van der Waals surface area contributed by atoms with Crippen LogP contribution in [0.1, 0.15) is 31.7 Å². The quantitative estimate of drug-likeness (QED) is 0.682. The Morgan fingerprint density at radius 3 is 2.76 bits per heavy atom. The van der Waals surface area contributed by atoms with Crippen molar-refractivity contribution in [3.8, 4) is 0 Å². The maximum Gasteiger partial charge on any atom is 0.223 e. The molecule has 0 aliphatic carbocycles. The topological polar surface area (TPSA) is 38.1 Å². The van der Waals surface area contributed by atoms with Crippen molar-refractivity contribution in [2.45, 2.75) is 33.4 Å². The summed E-state index contributed by atoms with van der Waals surface area (Å²) in [6, 6.07) is 3.82. The van der Waals surface area contributed by atoms with E-state index in [1.807, 2.05) is 18.4 Å². The molecule has 0 aliphatic heterocycles. The van der Waals surface area contributed by atoms with Crippen molar-refractivity contribution in [3.05, 3.63) is 66.3 Å². The molecule has 2 aromatic rings. The van der Waals surface area contributed by atoms with Crippen LogP contribution in [-0.4, -0.2) is 26.9 Å². The molecular weight excluding hydrogens is 324 g/mol. The zero-order valence-electron chi connectivity index (χ0n) is 14.6. The average Bonchev–Trinajstić information content (AvgIpc) is 2.97. The zero-order chi connectivity index (χ0) is 18.4. The number of nitrogens with zero attached hydrogens (tertiary/aromatic N) is 3. The third-order valence-corrected chi connectivity index (χ3v) is 3.76. The Labute approximate surface area is 146 Å². The highest BCUT2D eigenvalue weighted by Crippen LogP contribution is 2.13. The van der Waals surface area contributed by atoms with Gasteiger partial charge in [0.2, 0.25) is 5.91 Å². The molecule has 4 nitrogen and oxygen atoms in total. The van der Waals surface area contributed by atoms with Crippen LogP contribution in [-0.2, 0) is 17.9 Å². The molecule has 0 unspecified atom stereocenters. The highest BCUT2D eigenvalue weighted by molar-refractivity contribution is 5.76. The van der Waals surface area contributed by atoms with Crippen LogP contribution in [0.2, 0.25) is 0 Å². The number of carbonyl (C=O) groups excluding carboxylic acids is 1. The van der Waals surface area contributed by atoms with Gasteiger partial charge in [-0.1, -0.05) is 26.0 Å². The van der Waals surface area contributed by atoms with E-state index < -0.39 is 11.6 Å². The first-order valence-electron chi connectivity index (χ1n) is 8.23.